The zero-order valence-electron chi connectivity index (χ0n) is 15.8. The highest BCUT2D eigenvalue weighted by molar-refractivity contribution is 7.91. The third-order valence-electron chi connectivity index (χ3n) is 5.10. The molecule has 1 heterocycles. The molecule has 3 rings (SSSR count). The number of aromatic amines is 1. The predicted molar refractivity (Wildman–Crippen MR) is 101 cm³/mol. The fourth-order valence-electron chi connectivity index (χ4n) is 3.35. The third kappa shape index (κ3) is 5.37. The number of alkyl halides is 2. The maximum atomic E-state index is 13.3. The number of nitrogens with one attached hydrogen (secondary N) is 2. The van der Waals surface area contributed by atoms with Crippen molar-refractivity contribution >= 4 is 21.6 Å². The lowest BCUT2D eigenvalue weighted by Gasteiger charge is -2.27. The average molecular weight is 429 g/mol. The van der Waals surface area contributed by atoms with Crippen molar-refractivity contribution in [2.75, 3.05) is 11.1 Å². The van der Waals surface area contributed by atoms with Crippen LogP contribution in [0.5, 0.6) is 0 Å². The van der Waals surface area contributed by atoms with E-state index in [1.807, 2.05) is 0 Å². The summed E-state index contributed by atoms with van der Waals surface area (Å²) in [6, 6.07) is 5.99. The first-order valence-corrected chi connectivity index (χ1v) is 10.9. The van der Waals surface area contributed by atoms with E-state index in [9.17, 15) is 26.4 Å². The Labute approximate surface area is 166 Å². The van der Waals surface area contributed by atoms with Crippen LogP contribution in [0.25, 0.3) is 0 Å². The van der Waals surface area contributed by atoms with Crippen molar-refractivity contribution in [3.8, 4) is 0 Å². The van der Waals surface area contributed by atoms with E-state index in [1.54, 1.807) is 6.07 Å². The molecule has 2 N–H and O–H groups in total. The van der Waals surface area contributed by atoms with Crippen molar-refractivity contribution < 1.29 is 26.4 Å². The van der Waals surface area contributed by atoms with E-state index in [0.29, 0.717) is 18.5 Å². The van der Waals surface area contributed by atoms with Crippen LogP contribution in [0.2, 0.25) is 0 Å². The second kappa shape index (κ2) is 8.17. The second-order valence-electron chi connectivity index (χ2n) is 7.46. The molecule has 29 heavy (non-hydrogen) atoms. The molecule has 2 aromatic rings. The van der Waals surface area contributed by atoms with E-state index in [1.165, 1.54) is 6.92 Å². The van der Waals surface area contributed by atoms with Gasteiger partial charge in [0.05, 0.1) is 10.6 Å². The molecule has 1 aromatic carbocycles. The van der Waals surface area contributed by atoms with Gasteiger partial charge in [0.1, 0.15) is 5.82 Å². The molecule has 0 radical (unpaired) electrons. The Hall–Kier alpha value is -2.36. The van der Waals surface area contributed by atoms with Gasteiger partial charge in [-0.15, -0.1) is 0 Å². The van der Waals surface area contributed by atoms with E-state index < -0.39 is 39.2 Å². The molecule has 1 fully saturated rings. The van der Waals surface area contributed by atoms with Crippen LogP contribution in [0, 0.1) is 11.7 Å². The number of carbonyl (C=O) groups is 1. The lowest BCUT2D eigenvalue weighted by atomic mass is 9.85. The van der Waals surface area contributed by atoms with Gasteiger partial charge in [-0.2, -0.15) is 5.10 Å². The number of rotatable bonds is 6. The summed E-state index contributed by atoms with van der Waals surface area (Å²) in [6.45, 7) is 1.47. The van der Waals surface area contributed by atoms with Gasteiger partial charge in [0, 0.05) is 36.4 Å². The Morgan fingerprint density at radius 2 is 1.90 bits per heavy atom. The standard InChI is InChI=1S/C19H22F3N3O3S/c1-12(11-29(27,28)15-4-2-14(20)3-5-15)18(26)23-17-10-16(24-25-17)13-6-8-19(21,22)9-7-13/h2-5,10,12-13H,6-9,11H2,1H3,(H2,23,24,25,26). The largest absolute Gasteiger partial charge is 0.309 e. The van der Waals surface area contributed by atoms with Crippen molar-refractivity contribution in [1.29, 1.82) is 0 Å². The van der Waals surface area contributed by atoms with E-state index in [4.69, 9.17) is 0 Å². The minimum atomic E-state index is -3.76. The van der Waals surface area contributed by atoms with Gasteiger partial charge < -0.3 is 5.32 Å². The van der Waals surface area contributed by atoms with Gasteiger partial charge in [-0.25, -0.2) is 21.6 Å². The predicted octanol–water partition coefficient (Wildman–Crippen LogP) is 3.89. The molecule has 1 aromatic heterocycles. The molecule has 0 saturated heterocycles. The van der Waals surface area contributed by atoms with Crippen molar-refractivity contribution in [3.63, 3.8) is 0 Å². The Bertz CT molecular complexity index is 964. The molecular weight excluding hydrogens is 407 g/mol. The molecular formula is C19H22F3N3O3S. The van der Waals surface area contributed by atoms with Gasteiger partial charge in [0.15, 0.2) is 15.7 Å². The molecule has 1 aliphatic carbocycles. The van der Waals surface area contributed by atoms with Crippen LogP contribution in [0.3, 0.4) is 0 Å². The lowest BCUT2D eigenvalue weighted by molar-refractivity contribution is -0.118. The van der Waals surface area contributed by atoms with E-state index in [-0.39, 0.29) is 29.5 Å². The number of hydrogen-bond donors (Lipinski definition) is 2. The number of sulfone groups is 1. The molecule has 0 bridgehead atoms. The molecule has 1 saturated carbocycles. The van der Waals surface area contributed by atoms with E-state index in [2.05, 4.69) is 15.5 Å². The van der Waals surface area contributed by atoms with Crippen LogP contribution in [0.4, 0.5) is 19.0 Å². The summed E-state index contributed by atoms with van der Waals surface area (Å²) in [4.78, 5) is 12.3. The Morgan fingerprint density at radius 3 is 2.52 bits per heavy atom. The van der Waals surface area contributed by atoms with E-state index in [0.717, 1.165) is 24.3 Å². The van der Waals surface area contributed by atoms with Crippen molar-refractivity contribution in [1.82, 2.24) is 10.2 Å². The van der Waals surface area contributed by atoms with E-state index >= 15 is 0 Å². The van der Waals surface area contributed by atoms with Gasteiger partial charge in [0.25, 0.3) is 0 Å². The summed E-state index contributed by atoms with van der Waals surface area (Å²) in [5.74, 6) is -4.90. The zero-order chi connectivity index (χ0) is 21.2. The first-order chi connectivity index (χ1) is 13.6. The first kappa shape index (κ1) is 21.4. The molecule has 0 spiro atoms. The topological polar surface area (TPSA) is 91.9 Å². The number of hydrogen-bond acceptors (Lipinski definition) is 4. The van der Waals surface area contributed by atoms with Crippen LogP contribution in [0.15, 0.2) is 35.2 Å². The fourth-order valence-corrected chi connectivity index (χ4v) is 4.91. The Morgan fingerprint density at radius 1 is 1.28 bits per heavy atom. The number of aromatic nitrogens is 2. The minimum Gasteiger partial charge on any atom is -0.309 e. The summed E-state index contributed by atoms with van der Waals surface area (Å²) < 4.78 is 64.3. The highest BCUT2D eigenvalue weighted by atomic mass is 32.2. The highest BCUT2D eigenvalue weighted by Crippen LogP contribution is 2.40. The molecule has 1 atom stereocenters. The lowest BCUT2D eigenvalue weighted by Crippen LogP contribution is -2.27. The average Bonchev–Trinajstić information content (AvgIpc) is 3.10. The second-order valence-corrected chi connectivity index (χ2v) is 9.50. The number of benzene rings is 1. The van der Waals surface area contributed by atoms with Crippen LogP contribution in [-0.2, 0) is 14.6 Å². The highest BCUT2D eigenvalue weighted by Gasteiger charge is 2.36. The Balaban J connectivity index is 1.59. The Kier molecular flexibility index (Phi) is 6.02. The molecule has 1 amide bonds. The number of carbonyl (C=O) groups excluding carboxylic acids is 1. The van der Waals surface area contributed by atoms with Crippen molar-refractivity contribution in [2.45, 2.75) is 49.3 Å². The minimum absolute atomic E-state index is 0.0605. The smallest absolute Gasteiger partial charge is 0.248 e. The number of anilines is 1. The van der Waals surface area contributed by atoms with Crippen LogP contribution in [-0.4, -0.2) is 36.2 Å². The number of amides is 1. The zero-order valence-corrected chi connectivity index (χ0v) is 16.6. The molecule has 0 aliphatic heterocycles. The van der Waals surface area contributed by atoms with Gasteiger partial charge >= 0.3 is 0 Å². The normalized spacial score (nSPS) is 18.3. The monoisotopic (exact) mass is 429 g/mol. The molecule has 10 heteroatoms. The van der Waals surface area contributed by atoms with Gasteiger partial charge in [-0.3, -0.25) is 9.89 Å². The number of nitrogens with zero attached hydrogens (tertiary/aromatic N) is 1. The van der Waals surface area contributed by atoms with Gasteiger partial charge in [-0.1, -0.05) is 6.92 Å². The molecule has 1 unspecified atom stereocenters. The summed E-state index contributed by atoms with van der Waals surface area (Å²) in [6.07, 6.45) is 0.289. The summed E-state index contributed by atoms with van der Waals surface area (Å²) >= 11 is 0. The van der Waals surface area contributed by atoms with Gasteiger partial charge in [-0.05, 0) is 37.1 Å². The van der Waals surface area contributed by atoms with Crippen molar-refractivity contribution in [3.05, 3.63) is 41.8 Å². The molecule has 6 nitrogen and oxygen atoms in total. The molecule has 158 valence electrons. The number of H-pyrrole nitrogens is 1. The fraction of sp³-hybridized carbons (Fsp3) is 0.474. The van der Waals surface area contributed by atoms with Crippen LogP contribution < -0.4 is 5.32 Å². The SMILES string of the molecule is CC(CS(=O)(=O)c1ccc(F)cc1)C(=O)Nc1cc(C2CCC(F)(F)CC2)[nH]n1. The van der Waals surface area contributed by atoms with Gasteiger partial charge in [0.2, 0.25) is 11.8 Å². The summed E-state index contributed by atoms with van der Waals surface area (Å²) in [5, 5.41) is 9.29. The number of halogens is 3. The van der Waals surface area contributed by atoms with Crippen molar-refractivity contribution in [2.24, 2.45) is 5.92 Å². The third-order valence-corrected chi connectivity index (χ3v) is 7.02. The quantitative estimate of drug-likeness (QED) is 0.682. The first-order valence-electron chi connectivity index (χ1n) is 9.28. The summed E-state index contributed by atoms with van der Waals surface area (Å²) in [5.41, 5.74) is 0.669. The summed E-state index contributed by atoms with van der Waals surface area (Å²) in [7, 11) is -3.76. The van der Waals surface area contributed by atoms with Crippen LogP contribution in [0.1, 0.15) is 44.2 Å². The maximum absolute atomic E-state index is 13.3. The van der Waals surface area contributed by atoms with Crippen LogP contribution >= 0.6 is 0 Å². The molecule has 1 aliphatic rings. The maximum Gasteiger partial charge on any atom is 0.248 e.